The van der Waals surface area contributed by atoms with Gasteiger partial charge in [0.2, 0.25) is 0 Å². The van der Waals surface area contributed by atoms with E-state index >= 15 is 0 Å². The second-order valence-electron chi connectivity index (χ2n) is 7.54. The molecule has 3 heterocycles. The maximum Gasteiger partial charge on any atom is 0.265 e. The average molecular weight is 400 g/mol. The molecule has 152 valence electrons. The second-order valence-corrected chi connectivity index (χ2v) is 7.54. The van der Waals surface area contributed by atoms with Crippen LogP contribution in [0, 0.1) is 13.8 Å². The van der Waals surface area contributed by atoms with Crippen molar-refractivity contribution in [1.82, 2.24) is 24.3 Å². The maximum atomic E-state index is 11.7. The van der Waals surface area contributed by atoms with Crippen LogP contribution in [0.1, 0.15) is 40.1 Å². The lowest BCUT2D eigenvalue weighted by Gasteiger charge is -2.16. The van der Waals surface area contributed by atoms with E-state index in [1.165, 1.54) is 16.7 Å². The third-order valence-corrected chi connectivity index (χ3v) is 5.36. The SMILES string of the molecule is Cc1ccc(CC(C)n2cnnc2-c2cccc(-n3cccc3C(N)=O)n2)cc1C. The highest BCUT2D eigenvalue weighted by atomic mass is 16.1. The Morgan fingerprint density at radius 2 is 1.93 bits per heavy atom. The van der Waals surface area contributed by atoms with E-state index in [1.54, 1.807) is 29.2 Å². The standard InChI is InChI=1S/C23H24N6O/c1-15-9-10-18(12-16(15)2)13-17(3)29-14-25-27-23(29)19-6-4-8-21(26-19)28-11-5-7-20(28)22(24)30/h4-12,14,17H,13H2,1-3H3,(H2,24,30). The number of carbonyl (C=O) groups is 1. The molecule has 1 atom stereocenters. The van der Waals surface area contributed by atoms with Gasteiger partial charge in [0.25, 0.3) is 5.91 Å². The summed E-state index contributed by atoms with van der Waals surface area (Å²) < 4.78 is 3.71. The van der Waals surface area contributed by atoms with Crippen LogP contribution in [0.5, 0.6) is 0 Å². The van der Waals surface area contributed by atoms with E-state index in [-0.39, 0.29) is 6.04 Å². The van der Waals surface area contributed by atoms with E-state index in [9.17, 15) is 4.79 Å². The molecular formula is C23H24N6O. The number of aromatic nitrogens is 5. The van der Waals surface area contributed by atoms with Crippen LogP contribution in [-0.2, 0) is 6.42 Å². The number of primary amides is 1. The van der Waals surface area contributed by atoms with E-state index in [0.717, 1.165) is 6.42 Å². The fourth-order valence-electron chi connectivity index (χ4n) is 3.58. The molecular weight excluding hydrogens is 376 g/mol. The Morgan fingerprint density at radius 1 is 1.10 bits per heavy atom. The van der Waals surface area contributed by atoms with Crippen molar-refractivity contribution >= 4 is 5.91 Å². The molecule has 0 aliphatic rings. The van der Waals surface area contributed by atoms with E-state index in [4.69, 9.17) is 10.7 Å². The van der Waals surface area contributed by atoms with Gasteiger partial charge in [-0.1, -0.05) is 24.3 Å². The quantitative estimate of drug-likeness (QED) is 0.535. The van der Waals surface area contributed by atoms with Gasteiger partial charge < -0.3 is 10.3 Å². The van der Waals surface area contributed by atoms with Gasteiger partial charge >= 0.3 is 0 Å². The topological polar surface area (TPSA) is 91.6 Å². The molecule has 0 aliphatic carbocycles. The highest BCUT2D eigenvalue weighted by Crippen LogP contribution is 2.23. The summed E-state index contributed by atoms with van der Waals surface area (Å²) >= 11 is 0. The third-order valence-electron chi connectivity index (χ3n) is 5.36. The van der Waals surface area contributed by atoms with Gasteiger partial charge in [0, 0.05) is 12.2 Å². The van der Waals surface area contributed by atoms with Crippen LogP contribution in [-0.4, -0.2) is 30.2 Å². The number of nitrogens with two attached hydrogens (primary N) is 1. The molecule has 7 heteroatoms. The Kier molecular flexibility index (Phi) is 5.18. The number of rotatable bonds is 6. The molecule has 0 aliphatic heterocycles. The smallest absolute Gasteiger partial charge is 0.265 e. The Labute approximate surface area is 175 Å². The van der Waals surface area contributed by atoms with Crippen molar-refractivity contribution in [2.75, 3.05) is 0 Å². The summed E-state index contributed by atoms with van der Waals surface area (Å²) in [5, 5.41) is 8.43. The highest BCUT2D eigenvalue weighted by molar-refractivity contribution is 5.91. The Balaban J connectivity index is 1.65. The van der Waals surface area contributed by atoms with Crippen molar-refractivity contribution < 1.29 is 4.79 Å². The van der Waals surface area contributed by atoms with Crippen molar-refractivity contribution in [2.24, 2.45) is 5.73 Å². The summed E-state index contributed by atoms with van der Waals surface area (Å²) in [5.41, 5.74) is 10.4. The zero-order valence-corrected chi connectivity index (χ0v) is 17.3. The molecule has 7 nitrogen and oxygen atoms in total. The van der Waals surface area contributed by atoms with Crippen molar-refractivity contribution in [2.45, 2.75) is 33.2 Å². The lowest BCUT2D eigenvalue weighted by molar-refractivity contribution is 0.0994. The van der Waals surface area contributed by atoms with Gasteiger partial charge in [-0.05, 0) is 68.1 Å². The zero-order valence-electron chi connectivity index (χ0n) is 17.3. The van der Waals surface area contributed by atoms with Gasteiger partial charge in [0.05, 0.1) is 0 Å². The fraction of sp³-hybridized carbons (Fsp3) is 0.217. The molecule has 4 rings (SSSR count). The van der Waals surface area contributed by atoms with Crippen molar-refractivity contribution in [3.8, 4) is 17.3 Å². The molecule has 3 aromatic heterocycles. The second kappa shape index (κ2) is 7.94. The first-order valence-corrected chi connectivity index (χ1v) is 9.84. The van der Waals surface area contributed by atoms with Crippen LogP contribution < -0.4 is 5.73 Å². The summed E-state index contributed by atoms with van der Waals surface area (Å²) in [4.78, 5) is 16.4. The zero-order chi connectivity index (χ0) is 21.3. The highest BCUT2D eigenvalue weighted by Gasteiger charge is 2.16. The fourth-order valence-corrected chi connectivity index (χ4v) is 3.58. The van der Waals surface area contributed by atoms with E-state index in [1.807, 2.05) is 22.8 Å². The molecule has 0 saturated carbocycles. The summed E-state index contributed by atoms with van der Waals surface area (Å²) in [7, 11) is 0. The van der Waals surface area contributed by atoms with Crippen molar-refractivity contribution in [3.05, 3.63) is 83.4 Å². The number of pyridine rings is 1. The third kappa shape index (κ3) is 3.74. The molecule has 1 aromatic carbocycles. The van der Waals surface area contributed by atoms with Gasteiger partial charge in [-0.25, -0.2) is 4.98 Å². The first-order valence-electron chi connectivity index (χ1n) is 9.84. The van der Waals surface area contributed by atoms with Crippen LogP contribution >= 0.6 is 0 Å². The van der Waals surface area contributed by atoms with E-state index in [2.05, 4.69) is 49.2 Å². The molecule has 0 spiro atoms. The number of nitrogens with zero attached hydrogens (tertiary/aromatic N) is 5. The predicted molar refractivity (Wildman–Crippen MR) is 115 cm³/mol. The normalized spacial score (nSPS) is 12.1. The van der Waals surface area contributed by atoms with Crippen LogP contribution in [0.15, 0.2) is 61.1 Å². The first kappa shape index (κ1) is 19.6. The van der Waals surface area contributed by atoms with Gasteiger partial charge in [-0.2, -0.15) is 0 Å². The van der Waals surface area contributed by atoms with E-state index < -0.39 is 5.91 Å². The van der Waals surface area contributed by atoms with Crippen LogP contribution in [0.4, 0.5) is 0 Å². The number of amides is 1. The molecule has 0 bridgehead atoms. The minimum atomic E-state index is -0.502. The predicted octanol–water partition coefficient (Wildman–Crippen LogP) is 3.65. The summed E-state index contributed by atoms with van der Waals surface area (Å²) in [6.45, 7) is 6.39. The molecule has 1 unspecified atom stereocenters. The molecule has 1 amide bonds. The number of hydrogen-bond acceptors (Lipinski definition) is 4. The summed E-state index contributed by atoms with van der Waals surface area (Å²) in [6, 6.07) is 15.7. The minimum Gasteiger partial charge on any atom is -0.364 e. The average Bonchev–Trinajstić information content (AvgIpc) is 3.40. The lowest BCUT2D eigenvalue weighted by atomic mass is 10.0. The van der Waals surface area contributed by atoms with E-state index in [0.29, 0.717) is 23.0 Å². The molecule has 4 aromatic rings. The van der Waals surface area contributed by atoms with Crippen LogP contribution in [0.25, 0.3) is 17.3 Å². The van der Waals surface area contributed by atoms with Crippen LogP contribution in [0.3, 0.4) is 0 Å². The Morgan fingerprint density at radius 3 is 2.70 bits per heavy atom. The van der Waals surface area contributed by atoms with Gasteiger partial charge in [0.15, 0.2) is 5.82 Å². The van der Waals surface area contributed by atoms with Gasteiger partial charge in [-0.3, -0.25) is 9.36 Å². The first-order chi connectivity index (χ1) is 14.4. The Hall–Kier alpha value is -3.74. The lowest BCUT2D eigenvalue weighted by Crippen LogP contribution is -2.16. The number of carbonyl (C=O) groups excluding carboxylic acids is 1. The summed E-state index contributed by atoms with van der Waals surface area (Å²) in [6.07, 6.45) is 4.36. The molecule has 0 fully saturated rings. The number of aryl methyl sites for hydroxylation is 2. The Bertz CT molecular complexity index is 1210. The number of benzene rings is 1. The number of hydrogen-bond donors (Lipinski definition) is 1. The maximum absolute atomic E-state index is 11.7. The minimum absolute atomic E-state index is 0.148. The summed E-state index contributed by atoms with van der Waals surface area (Å²) in [5.74, 6) is 0.779. The molecule has 0 saturated heterocycles. The van der Waals surface area contributed by atoms with Gasteiger partial charge in [0.1, 0.15) is 23.5 Å². The molecule has 0 radical (unpaired) electrons. The van der Waals surface area contributed by atoms with Crippen LogP contribution in [0.2, 0.25) is 0 Å². The van der Waals surface area contributed by atoms with Crippen molar-refractivity contribution in [3.63, 3.8) is 0 Å². The van der Waals surface area contributed by atoms with Crippen molar-refractivity contribution in [1.29, 1.82) is 0 Å². The largest absolute Gasteiger partial charge is 0.364 e. The monoisotopic (exact) mass is 400 g/mol. The molecule has 30 heavy (non-hydrogen) atoms. The van der Waals surface area contributed by atoms with Gasteiger partial charge in [-0.15, -0.1) is 10.2 Å². The molecule has 2 N–H and O–H groups in total.